The smallest absolute Gasteiger partial charge is 0.237 e. The first-order valence-electron chi connectivity index (χ1n) is 5.56. The Morgan fingerprint density at radius 2 is 2.07 bits per heavy atom. The van der Waals surface area contributed by atoms with Gasteiger partial charge in [0.2, 0.25) is 5.91 Å². The van der Waals surface area contributed by atoms with Crippen molar-refractivity contribution < 1.29 is 4.79 Å². The van der Waals surface area contributed by atoms with Crippen molar-refractivity contribution in [2.24, 2.45) is 5.92 Å². The lowest BCUT2D eigenvalue weighted by atomic mass is 10.2. The number of carbonyl (C=O) groups excluding carboxylic acids is 1. The standard InChI is InChI=1S/C11H19N3O/c1-9(7-12)11(15)13-8-10(2)14-5-3-4-6-14/h9-10H,3-6,8H2,1-2H3,(H,13,15). The third-order valence-electron chi connectivity index (χ3n) is 2.92. The van der Waals surface area contributed by atoms with Crippen molar-refractivity contribution in [2.45, 2.75) is 32.7 Å². The first-order chi connectivity index (χ1) is 7.15. The van der Waals surface area contributed by atoms with Crippen LogP contribution in [0, 0.1) is 17.2 Å². The summed E-state index contributed by atoms with van der Waals surface area (Å²) in [6.07, 6.45) is 2.51. The summed E-state index contributed by atoms with van der Waals surface area (Å²) >= 11 is 0. The van der Waals surface area contributed by atoms with Gasteiger partial charge in [-0.1, -0.05) is 0 Å². The molecule has 2 unspecified atom stereocenters. The fourth-order valence-corrected chi connectivity index (χ4v) is 1.77. The van der Waals surface area contributed by atoms with E-state index in [1.807, 2.05) is 6.07 Å². The van der Waals surface area contributed by atoms with Gasteiger partial charge in [-0.15, -0.1) is 0 Å². The molecule has 0 saturated carbocycles. The van der Waals surface area contributed by atoms with Crippen molar-refractivity contribution in [1.82, 2.24) is 10.2 Å². The van der Waals surface area contributed by atoms with Crippen LogP contribution in [0.25, 0.3) is 0 Å². The largest absolute Gasteiger partial charge is 0.353 e. The fourth-order valence-electron chi connectivity index (χ4n) is 1.77. The summed E-state index contributed by atoms with van der Waals surface area (Å²) < 4.78 is 0. The molecular formula is C11H19N3O. The number of likely N-dealkylation sites (tertiary alicyclic amines) is 1. The Hall–Kier alpha value is -1.08. The second kappa shape index (κ2) is 5.72. The van der Waals surface area contributed by atoms with E-state index >= 15 is 0 Å². The third-order valence-corrected chi connectivity index (χ3v) is 2.92. The predicted molar refractivity (Wildman–Crippen MR) is 58.1 cm³/mol. The SMILES string of the molecule is CC(C#N)C(=O)NCC(C)N1CCCC1. The molecule has 1 fully saturated rings. The van der Waals surface area contributed by atoms with Gasteiger partial charge in [-0.2, -0.15) is 5.26 Å². The Morgan fingerprint density at radius 1 is 1.47 bits per heavy atom. The van der Waals surface area contributed by atoms with E-state index in [0.717, 1.165) is 13.1 Å². The Bertz CT molecular complexity index is 253. The van der Waals surface area contributed by atoms with E-state index in [1.165, 1.54) is 12.8 Å². The summed E-state index contributed by atoms with van der Waals surface area (Å²) in [4.78, 5) is 13.7. The van der Waals surface area contributed by atoms with E-state index in [9.17, 15) is 4.79 Å². The van der Waals surface area contributed by atoms with Gasteiger partial charge in [0.1, 0.15) is 5.92 Å². The Morgan fingerprint density at radius 3 is 2.60 bits per heavy atom. The minimum absolute atomic E-state index is 0.163. The second-order valence-corrected chi connectivity index (χ2v) is 4.19. The summed E-state index contributed by atoms with van der Waals surface area (Å²) in [7, 11) is 0. The average Bonchev–Trinajstić information content (AvgIpc) is 2.77. The highest BCUT2D eigenvalue weighted by Crippen LogP contribution is 2.10. The van der Waals surface area contributed by atoms with Gasteiger partial charge in [0.05, 0.1) is 6.07 Å². The van der Waals surface area contributed by atoms with Crippen molar-refractivity contribution in [3.63, 3.8) is 0 Å². The van der Waals surface area contributed by atoms with Gasteiger partial charge in [-0.3, -0.25) is 9.69 Å². The van der Waals surface area contributed by atoms with Crippen molar-refractivity contribution in [3.05, 3.63) is 0 Å². The average molecular weight is 209 g/mol. The number of hydrogen-bond donors (Lipinski definition) is 1. The van der Waals surface area contributed by atoms with Crippen molar-refractivity contribution in [3.8, 4) is 6.07 Å². The van der Waals surface area contributed by atoms with Crippen LogP contribution in [0.15, 0.2) is 0 Å². The summed E-state index contributed by atoms with van der Waals surface area (Å²) in [5.74, 6) is -0.709. The summed E-state index contributed by atoms with van der Waals surface area (Å²) in [6.45, 7) is 6.64. The molecule has 0 aromatic heterocycles. The monoisotopic (exact) mass is 209 g/mol. The lowest BCUT2D eigenvalue weighted by Gasteiger charge is -2.24. The van der Waals surface area contributed by atoms with E-state index in [2.05, 4.69) is 17.1 Å². The zero-order valence-electron chi connectivity index (χ0n) is 9.49. The number of carbonyl (C=O) groups is 1. The summed E-state index contributed by atoms with van der Waals surface area (Å²) in [5.41, 5.74) is 0. The van der Waals surface area contributed by atoms with Crippen LogP contribution in [0.5, 0.6) is 0 Å². The number of amides is 1. The molecule has 0 aromatic rings. The maximum absolute atomic E-state index is 11.3. The molecule has 1 aliphatic heterocycles. The Kier molecular flexibility index (Phi) is 4.57. The lowest BCUT2D eigenvalue weighted by Crippen LogP contribution is -2.42. The highest BCUT2D eigenvalue weighted by Gasteiger charge is 2.19. The van der Waals surface area contributed by atoms with Gasteiger partial charge in [0, 0.05) is 12.6 Å². The molecule has 4 nitrogen and oxygen atoms in total. The molecule has 1 heterocycles. The van der Waals surface area contributed by atoms with Crippen LogP contribution >= 0.6 is 0 Å². The molecule has 0 bridgehead atoms. The van der Waals surface area contributed by atoms with E-state index in [1.54, 1.807) is 6.92 Å². The molecule has 0 aromatic carbocycles. The van der Waals surface area contributed by atoms with Gasteiger partial charge >= 0.3 is 0 Å². The molecule has 0 aliphatic carbocycles. The molecule has 4 heteroatoms. The van der Waals surface area contributed by atoms with Crippen molar-refractivity contribution in [2.75, 3.05) is 19.6 Å². The molecule has 1 saturated heterocycles. The summed E-state index contributed by atoms with van der Waals surface area (Å²) in [5, 5.41) is 11.4. The molecule has 1 rings (SSSR count). The van der Waals surface area contributed by atoms with E-state index < -0.39 is 5.92 Å². The van der Waals surface area contributed by atoms with E-state index in [-0.39, 0.29) is 5.91 Å². The summed E-state index contributed by atoms with van der Waals surface area (Å²) in [6, 6.07) is 2.31. The van der Waals surface area contributed by atoms with Crippen LogP contribution < -0.4 is 5.32 Å². The maximum Gasteiger partial charge on any atom is 0.237 e. The highest BCUT2D eigenvalue weighted by molar-refractivity contribution is 5.80. The number of nitrogens with zero attached hydrogens (tertiary/aromatic N) is 2. The van der Waals surface area contributed by atoms with Gasteiger partial charge in [0.15, 0.2) is 0 Å². The molecule has 1 N–H and O–H groups in total. The number of hydrogen-bond acceptors (Lipinski definition) is 3. The fraction of sp³-hybridized carbons (Fsp3) is 0.818. The van der Waals surface area contributed by atoms with Gasteiger partial charge in [-0.25, -0.2) is 0 Å². The molecule has 1 aliphatic rings. The normalized spacial score (nSPS) is 20.6. The quantitative estimate of drug-likeness (QED) is 0.743. The number of nitriles is 1. The molecule has 15 heavy (non-hydrogen) atoms. The van der Waals surface area contributed by atoms with Crippen LogP contribution in [0.3, 0.4) is 0 Å². The number of rotatable bonds is 4. The molecule has 1 amide bonds. The molecule has 0 radical (unpaired) electrons. The topological polar surface area (TPSA) is 56.1 Å². The molecule has 0 spiro atoms. The lowest BCUT2D eigenvalue weighted by molar-refractivity contribution is -0.123. The highest BCUT2D eigenvalue weighted by atomic mass is 16.1. The van der Waals surface area contributed by atoms with Gasteiger partial charge in [-0.05, 0) is 39.8 Å². The third kappa shape index (κ3) is 3.52. The molecule has 84 valence electrons. The van der Waals surface area contributed by atoms with Crippen LogP contribution in [0.4, 0.5) is 0 Å². The minimum atomic E-state index is -0.546. The minimum Gasteiger partial charge on any atom is -0.353 e. The van der Waals surface area contributed by atoms with E-state index in [4.69, 9.17) is 5.26 Å². The maximum atomic E-state index is 11.3. The zero-order chi connectivity index (χ0) is 11.3. The second-order valence-electron chi connectivity index (χ2n) is 4.19. The van der Waals surface area contributed by atoms with E-state index in [0.29, 0.717) is 12.6 Å². The van der Waals surface area contributed by atoms with Gasteiger partial charge in [0.25, 0.3) is 0 Å². The first kappa shape index (κ1) is 12.0. The molecule has 2 atom stereocenters. The van der Waals surface area contributed by atoms with Crippen LogP contribution in [0.2, 0.25) is 0 Å². The van der Waals surface area contributed by atoms with Crippen LogP contribution in [-0.2, 0) is 4.79 Å². The Labute approximate surface area is 91.2 Å². The predicted octanol–water partition coefficient (Wildman–Crippen LogP) is 0.747. The van der Waals surface area contributed by atoms with Crippen LogP contribution in [0.1, 0.15) is 26.7 Å². The van der Waals surface area contributed by atoms with Crippen LogP contribution in [-0.4, -0.2) is 36.5 Å². The number of nitrogens with one attached hydrogen (secondary N) is 1. The van der Waals surface area contributed by atoms with Crippen molar-refractivity contribution in [1.29, 1.82) is 5.26 Å². The van der Waals surface area contributed by atoms with Gasteiger partial charge < -0.3 is 5.32 Å². The zero-order valence-corrected chi connectivity index (χ0v) is 9.49. The first-order valence-corrected chi connectivity index (χ1v) is 5.56. The Balaban J connectivity index is 2.24. The molecular weight excluding hydrogens is 190 g/mol. The van der Waals surface area contributed by atoms with Crippen molar-refractivity contribution >= 4 is 5.91 Å².